The molecule has 0 unspecified atom stereocenters. The third-order valence-electron chi connectivity index (χ3n) is 2.99. The molecule has 6 nitrogen and oxygen atoms in total. The van der Waals surface area contributed by atoms with E-state index in [-0.39, 0.29) is 10.9 Å². The molecule has 0 radical (unpaired) electrons. The molecular weight excluding hydrogens is 316 g/mol. The van der Waals surface area contributed by atoms with Crippen LogP contribution in [0.25, 0.3) is 0 Å². The molecule has 0 N–H and O–H groups in total. The van der Waals surface area contributed by atoms with Gasteiger partial charge in [-0.3, -0.25) is 14.9 Å². The number of thioether (sulfide) groups is 1. The summed E-state index contributed by atoms with van der Waals surface area (Å²) < 4.78 is 5.67. The Labute approximate surface area is 138 Å². The quantitative estimate of drug-likeness (QED) is 0.469. The number of nitro groups is 1. The second-order valence-corrected chi connectivity index (χ2v) is 6.07. The molecular formula is C16H16N2O4S. The van der Waals surface area contributed by atoms with E-state index in [9.17, 15) is 14.9 Å². The SMILES string of the molecule is Cc1cc(Oc2ccc(SC(=O)N(C)C)cc2)ccc1[N+](=O)[O-]. The average Bonchev–Trinajstić information content (AvgIpc) is 2.48. The lowest BCUT2D eigenvalue weighted by molar-refractivity contribution is -0.385. The van der Waals surface area contributed by atoms with Crippen LogP contribution in [-0.4, -0.2) is 29.2 Å². The number of amides is 1. The Bertz CT molecular complexity index is 729. The van der Waals surface area contributed by atoms with Crippen LogP contribution < -0.4 is 4.74 Å². The minimum absolute atomic E-state index is 0.0512. The Balaban J connectivity index is 2.08. The summed E-state index contributed by atoms with van der Waals surface area (Å²) in [7, 11) is 3.40. The number of carbonyl (C=O) groups excluding carboxylic acids is 1. The lowest BCUT2D eigenvalue weighted by atomic mass is 10.2. The fraction of sp³-hybridized carbons (Fsp3) is 0.188. The predicted octanol–water partition coefficient (Wildman–Crippen LogP) is 4.47. The van der Waals surface area contributed by atoms with Gasteiger partial charge < -0.3 is 9.64 Å². The van der Waals surface area contributed by atoms with Gasteiger partial charge in [-0.15, -0.1) is 0 Å². The van der Waals surface area contributed by atoms with E-state index in [0.29, 0.717) is 17.1 Å². The standard InChI is InChI=1S/C16H16N2O4S/c1-11-10-13(6-9-15(11)18(20)21)22-12-4-7-14(8-5-12)23-16(19)17(2)3/h4-10H,1-3H3. The van der Waals surface area contributed by atoms with Crippen LogP contribution in [-0.2, 0) is 0 Å². The molecule has 0 fully saturated rings. The van der Waals surface area contributed by atoms with Gasteiger partial charge in [0.15, 0.2) is 0 Å². The second-order valence-electron chi connectivity index (χ2n) is 5.04. The molecule has 2 aromatic rings. The molecule has 0 aliphatic carbocycles. The van der Waals surface area contributed by atoms with E-state index < -0.39 is 4.92 Å². The normalized spacial score (nSPS) is 10.2. The van der Waals surface area contributed by atoms with Crippen molar-refractivity contribution in [2.75, 3.05) is 14.1 Å². The molecule has 2 aromatic carbocycles. The smallest absolute Gasteiger partial charge is 0.285 e. The largest absolute Gasteiger partial charge is 0.457 e. The van der Waals surface area contributed by atoms with Gasteiger partial charge in [-0.2, -0.15) is 0 Å². The number of nitrogens with zero attached hydrogens (tertiary/aromatic N) is 2. The number of benzene rings is 2. The van der Waals surface area contributed by atoms with E-state index in [4.69, 9.17) is 4.74 Å². The summed E-state index contributed by atoms with van der Waals surface area (Å²) in [5.41, 5.74) is 0.600. The molecule has 0 heterocycles. The van der Waals surface area contributed by atoms with Gasteiger partial charge in [0.1, 0.15) is 11.5 Å². The van der Waals surface area contributed by atoms with Crippen LogP contribution in [0.2, 0.25) is 0 Å². The van der Waals surface area contributed by atoms with Gasteiger partial charge in [-0.05, 0) is 55.1 Å². The topological polar surface area (TPSA) is 72.7 Å². The molecule has 2 rings (SSSR count). The second kappa shape index (κ2) is 7.15. The third kappa shape index (κ3) is 4.46. The van der Waals surface area contributed by atoms with Gasteiger partial charge in [-0.1, -0.05) is 0 Å². The number of ether oxygens (including phenoxy) is 1. The van der Waals surface area contributed by atoms with E-state index in [1.807, 2.05) is 0 Å². The number of carbonyl (C=O) groups is 1. The minimum Gasteiger partial charge on any atom is -0.457 e. The molecule has 0 aliphatic rings. The number of rotatable bonds is 4. The van der Waals surface area contributed by atoms with Crippen molar-refractivity contribution in [3.8, 4) is 11.5 Å². The molecule has 7 heteroatoms. The molecule has 0 saturated carbocycles. The van der Waals surface area contributed by atoms with E-state index >= 15 is 0 Å². The van der Waals surface area contributed by atoms with E-state index in [1.165, 1.54) is 11.0 Å². The molecule has 0 bridgehead atoms. The maximum Gasteiger partial charge on any atom is 0.285 e. The van der Waals surface area contributed by atoms with Crippen LogP contribution in [0, 0.1) is 17.0 Å². The van der Waals surface area contributed by atoms with Crippen molar-refractivity contribution in [3.05, 3.63) is 58.1 Å². The number of aryl methyl sites for hydroxylation is 1. The lowest BCUT2D eigenvalue weighted by Crippen LogP contribution is -2.15. The van der Waals surface area contributed by atoms with Gasteiger partial charge >= 0.3 is 0 Å². The zero-order valence-corrected chi connectivity index (χ0v) is 13.8. The number of hydrogen-bond donors (Lipinski definition) is 0. The van der Waals surface area contributed by atoms with E-state index in [1.54, 1.807) is 57.4 Å². The summed E-state index contributed by atoms with van der Waals surface area (Å²) in [4.78, 5) is 24.3. The van der Waals surface area contributed by atoms with E-state index in [0.717, 1.165) is 16.7 Å². The summed E-state index contributed by atoms with van der Waals surface area (Å²) in [6, 6.07) is 11.7. The van der Waals surface area contributed by atoms with Gasteiger partial charge in [0.05, 0.1) is 4.92 Å². The van der Waals surface area contributed by atoms with Crippen LogP contribution in [0.3, 0.4) is 0 Å². The summed E-state index contributed by atoms with van der Waals surface area (Å²) in [6.07, 6.45) is 0. The van der Waals surface area contributed by atoms with Gasteiger partial charge in [0.2, 0.25) is 0 Å². The Kier molecular flexibility index (Phi) is 5.23. The van der Waals surface area contributed by atoms with Gasteiger partial charge in [-0.25, -0.2) is 0 Å². The first kappa shape index (κ1) is 16.8. The Morgan fingerprint density at radius 3 is 2.26 bits per heavy atom. The summed E-state index contributed by atoms with van der Waals surface area (Å²) in [5, 5.41) is 10.7. The highest BCUT2D eigenvalue weighted by Crippen LogP contribution is 2.29. The van der Waals surface area contributed by atoms with Crippen LogP contribution in [0.4, 0.5) is 10.5 Å². The van der Waals surface area contributed by atoms with E-state index in [2.05, 4.69) is 0 Å². The number of hydrogen-bond acceptors (Lipinski definition) is 5. The molecule has 0 spiro atoms. The van der Waals surface area contributed by atoms with Crippen molar-refractivity contribution in [2.24, 2.45) is 0 Å². The highest BCUT2D eigenvalue weighted by molar-refractivity contribution is 8.13. The molecule has 120 valence electrons. The third-order valence-corrected chi connectivity index (χ3v) is 4.04. The van der Waals surface area contributed by atoms with Crippen LogP contribution in [0.15, 0.2) is 47.4 Å². The first-order chi connectivity index (χ1) is 10.9. The van der Waals surface area contributed by atoms with Crippen molar-refractivity contribution in [1.29, 1.82) is 0 Å². The first-order valence-corrected chi connectivity index (χ1v) is 7.60. The van der Waals surface area contributed by atoms with Gasteiger partial charge in [0.25, 0.3) is 10.9 Å². The van der Waals surface area contributed by atoms with Crippen molar-refractivity contribution in [1.82, 2.24) is 4.90 Å². The predicted molar refractivity (Wildman–Crippen MR) is 89.3 cm³/mol. The van der Waals surface area contributed by atoms with Crippen molar-refractivity contribution in [2.45, 2.75) is 11.8 Å². The highest BCUT2D eigenvalue weighted by Gasteiger charge is 2.11. The Morgan fingerprint density at radius 2 is 1.74 bits per heavy atom. The Hall–Kier alpha value is -2.54. The number of nitro benzene ring substituents is 1. The molecule has 0 atom stereocenters. The molecule has 1 amide bonds. The summed E-state index contributed by atoms with van der Waals surface area (Å²) in [5.74, 6) is 1.12. The first-order valence-electron chi connectivity index (χ1n) is 6.79. The van der Waals surface area contributed by atoms with Crippen molar-refractivity contribution >= 4 is 22.7 Å². The Morgan fingerprint density at radius 1 is 1.13 bits per heavy atom. The fourth-order valence-corrected chi connectivity index (χ4v) is 2.46. The lowest BCUT2D eigenvalue weighted by Gasteiger charge is -2.10. The summed E-state index contributed by atoms with van der Waals surface area (Å²) >= 11 is 1.13. The zero-order chi connectivity index (χ0) is 17.0. The van der Waals surface area contributed by atoms with Crippen molar-refractivity contribution in [3.63, 3.8) is 0 Å². The highest BCUT2D eigenvalue weighted by atomic mass is 32.2. The van der Waals surface area contributed by atoms with Gasteiger partial charge in [0, 0.05) is 30.6 Å². The van der Waals surface area contributed by atoms with Crippen LogP contribution >= 0.6 is 11.8 Å². The molecule has 23 heavy (non-hydrogen) atoms. The average molecular weight is 332 g/mol. The van der Waals surface area contributed by atoms with Crippen molar-refractivity contribution < 1.29 is 14.5 Å². The summed E-state index contributed by atoms with van der Waals surface area (Å²) in [6.45, 7) is 1.66. The molecule has 0 saturated heterocycles. The molecule has 0 aliphatic heterocycles. The maximum atomic E-state index is 11.6. The molecule has 0 aromatic heterocycles. The van der Waals surface area contributed by atoms with Crippen LogP contribution in [0.1, 0.15) is 5.56 Å². The zero-order valence-electron chi connectivity index (χ0n) is 13.0. The fourth-order valence-electron chi connectivity index (χ4n) is 1.80. The monoisotopic (exact) mass is 332 g/mol. The maximum absolute atomic E-state index is 11.6. The van der Waals surface area contributed by atoms with Crippen LogP contribution in [0.5, 0.6) is 11.5 Å². The minimum atomic E-state index is -0.424.